The number of hydrogen-bond donors (Lipinski definition) is 2. The zero-order valence-corrected chi connectivity index (χ0v) is 7.22. The molecule has 3 nitrogen and oxygen atoms in total. The minimum Gasteiger partial charge on any atom is -0.317 e. The van der Waals surface area contributed by atoms with Gasteiger partial charge in [-0.2, -0.15) is 0 Å². The molecule has 0 aliphatic rings. The molecule has 0 saturated heterocycles. The van der Waals surface area contributed by atoms with Gasteiger partial charge in [0.1, 0.15) is 0 Å². The molecule has 0 saturated carbocycles. The Morgan fingerprint density at radius 1 is 1.60 bits per heavy atom. The maximum absolute atomic E-state index is 5.45. The summed E-state index contributed by atoms with van der Waals surface area (Å²) in [6, 6.07) is 0. The zero-order valence-electron chi connectivity index (χ0n) is 7.22. The zero-order chi connectivity index (χ0) is 7.98. The summed E-state index contributed by atoms with van der Waals surface area (Å²) in [6.45, 7) is 6.03. The average molecular weight is 145 g/mol. The minimum absolute atomic E-state index is 0.584. The van der Waals surface area contributed by atoms with Crippen LogP contribution in [-0.4, -0.2) is 25.3 Å². The second-order valence-corrected chi connectivity index (χ2v) is 2.64. The molecular weight excluding hydrogens is 126 g/mol. The minimum atomic E-state index is 0.584. The van der Waals surface area contributed by atoms with Crippen LogP contribution in [0.15, 0.2) is 0 Å². The van der Waals surface area contributed by atoms with E-state index >= 15 is 0 Å². The second kappa shape index (κ2) is 5.65. The second-order valence-electron chi connectivity index (χ2n) is 2.64. The van der Waals surface area contributed by atoms with E-state index in [9.17, 15) is 0 Å². The van der Waals surface area contributed by atoms with Gasteiger partial charge >= 0.3 is 0 Å². The number of nitrogens with zero attached hydrogens (tertiary/aromatic N) is 1. The van der Waals surface area contributed by atoms with E-state index in [0.717, 1.165) is 12.5 Å². The molecular formula is C7H19N3. The number of rotatable bonds is 5. The maximum atomic E-state index is 5.45. The lowest BCUT2D eigenvalue weighted by molar-refractivity contribution is 0.182. The Balaban J connectivity index is 3.41. The third-order valence-corrected chi connectivity index (χ3v) is 1.77. The molecule has 62 valence electrons. The molecule has 0 aromatic carbocycles. The van der Waals surface area contributed by atoms with Crippen LogP contribution in [0.2, 0.25) is 0 Å². The summed E-state index contributed by atoms with van der Waals surface area (Å²) in [6.07, 6.45) is 1.21. The predicted octanol–water partition coefficient (Wildman–Crippen LogP) is 0.385. The van der Waals surface area contributed by atoms with Gasteiger partial charge in [0.15, 0.2) is 0 Å². The Bertz CT molecular complexity index is 71.3. The van der Waals surface area contributed by atoms with Crippen LogP contribution in [0, 0.1) is 5.92 Å². The van der Waals surface area contributed by atoms with Crippen LogP contribution in [0.3, 0.4) is 0 Å². The van der Waals surface area contributed by atoms with Crippen LogP contribution in [0.1, 0.15) is 20.3 Å². The molecule has 0 bridgehead atoms. The molecule has 0 radical (unpaired) electrons. The van der Waals surface area contributed by atoms with Crippen molar-refractivity contribution in [3.63, 3.8) is 0 Å². The number of hydrazine groups is 1. The van der Waals surface area contributed by atoms with Gasteiger partial charge in [-0.25, -0.2) is 5.01 Å². The van der Waals surface area contributed by atoms with Gasteiger partial charge in [0.25, 0.3) is 0 Å². The Morgan fingerprint density at radius 3 is 2.50 bits per heavy atom. The molecule has 1 atom stereocenters. The van der Waals surface area contributed by atoms with Crippen LogP contribution in [0.25, 0.3) is 0 Å². The highest BCUT2D eigenvalue weighted by Gasteiger charge is 2.03. The lowest BCUT2D eigenvalue weighted by Crippen LogP contribution is -2.42. The van der Waals surface area contributed by atoms with Crippen molar-refractivity contribution in [2.24, 2.45) is 11.7 Å². The van der Waals surface area contributed by atoms with Gasteiger partial charge in [0, 0.05) is 6.54 Å². The molecule has 0 aliphatic carbocycles. The molecule has 0 spiro atoms. The molecule has 0 aromatic heterocycles. The SMILES string of the molecule is CCC(C)CN(CN)NC. The quantitative estimate of drug-likeness (QED) is 0.434. The van der Waals surface area contributed by atoms with E-state index in [1.54, 1.807) is 0 Å². The highest BCUT2D eigenvalue weighted by Crippen LogP contribution is 2.00. The van der Waals surface area contributed by atoms with Crippen molar-refractivity contribution < 1.29 is 0 Å². The fraction of sp³-hybridized carbons (Fsp3) is 1.00. The first-order valence-electron chi connectivity index (χ1n) is 3.87. The molecule has 0 heterocycles. The number of nitrogens with one attached hydrogen (secondary N) is 1. The Hall–Kier alpha value is -0.120. The van der Waals surface area contributed by atoms with E-state index < -0.39 is 0 Å². The number of nitrogens with two attached hydrogens (primary N) is 1. The van der Waals surface area contributed by atoms with Crippen molar-refractivity contribution in [1.82, 2.24) is 10.4 Å². The van der Waals surface area contributed by atoms with E-state index in [4.69, 9.17) is 5.73 Å². The van der Waals surface area contributed by atoms with Crippen LogP contribution in [0.5, 0.6) is 0 Å². The Morgan fingerprint density at radius 2 is 2.20 bits per heavy atom. The molecule has 3 N–H and O–H groups in total. The van der Waals surface area contributed by atoms with E-state index in [1.807, 2.05) is 12.1 Å². The van der Waals surface area contributed by atoms with Gasteiger partial charge in [-0.3, -0.25) is 5.43 Å². The molecule has 3 heteroatoms. The van der Waals surface area contributed by atoms with Gasteiger partial charge in [0.2, 0.25) is 0 Å². The van der Waals surface area contributed by atoms with Crippen molar-refractivity contribution in [2.45, 2.75) is 20.3 Å². The standard InChI is InChI=1S/C7H19N3/c1-4-7(2)5-10(6-8)9-3/h7,9H,4-6,8H2,1-3H3. The fourth-order valence-electron chi connectivity index (χ4n) is 0.762. The summed E-state index contributed by atoms with van der Waals surface area (Å²) in [5, 5.41) is 2.01. The van der Waals surface area contributed by atoms with Crippen molar-refractivity contribution in [3.8, 4) is 0 Å². The normalized spacial score (nSPS) is 14.1. The summed E-state index contributed by atoms with van der Waals surface area (Å²) in [5.41, 5.74) is 8.47. The fourth-order valence-corrected chi connectivity index (χ4v) is 0.762. The summed E-state index contributed by atoms with van der Waals surface area (Å²) >= 11 is 0. The molecule has 0 amide bonds. The molecule has 0 aromatic rings. The van der Waals surface area contributed by atoms with Gasteiger partial charge in [-0.1, -0.05) is 20.3 Å². The van der Waals surface area contributed by atoms with Crippen molar-refractivity contribution >= 4 is 0 Å². The predicted molar refractivity (Wildman–Crippen MR) is 44.3 cm³/mol. The van der Waals surface area contributed by atoms with Crippen LogP contribution in [0.4, 0.5) is 0 Å². The highest BCUT2D eigenvalue weighted by atomic mass is 15.5. The van der Waals surface area contributed by atoms with Crippen molar-refractivity contribution in [2.75, 3.05) is 20.3 Å². The maximum Gasteiger partial charge on any atom is 0.0595 e. The summed E-state index contributed by atoms with van der Waals surface area (Å²) < 4.78 is 0. The smallest absolute Gasteiger partial charge is 0.0595 e. The first-order chi connectivity index (χ1) is 4.74. The molecule has 1 unspecified atom stereocenters. The molecule has 0 rings (SSSR count). The van der Waals surface area contributed by atoms with Gasteiger partial charge in [-0.15, -0.1) is 0 Å². The van der Waals surface area contributed by atoms with E-state index in [2.05, 4.69) is 19.3 Å². The van der Waals surface area contributed by atoms with E-state index in [1.165, 1.54) is 6.42 Å². The van der Waals surface area contributed by atoms with Crippen LogP contribution >= 0.6 is 0 Å². The van der Waals surface area contributed by atoms with Crippen molar-refractivity contribution in [1.29, 1.82) is 0 Å². The van der Waals surface area contributed by atoms with Crippen LogP contribution < -0.4 is 11.2 Å². The third kappa shape index (κ3) is 3.82. The van der Waals surface area contributed by atoms with Gasteiger partial charge in [-0.05, 0) is 13.0 Å². The molecule has 0 fully saturated rings. The Labute approximate surface area is 63.5 Å². The van der Waals surface area contributed by atoms with E-state index in [-0.39, 0.29) is 0 Å². The lowest BCUT2D eigenvalue weighted by Gasteiger charge is -2.21. The van der Waals surface area contributed by atoms with Gasteiger partial charge in [0.05, 0.1) is 6.67 Å². The highest BCUT2D eigenvalue weighted by molar-refractivity contribution is 4.53. The molecule has 10 heavy (non-hydrogen) atoms. The third-order valence-electron chi connectivity index (χ3n) is 1.77. The summed E-state index contributed by atoms with van der Waals surface area (Å²) in [5.74, 6) is 0.719. The molecule has 0 aliphatic heterocycles. The Kier molecular flexibility index (Phi) is 5.58. The summed E-state index contributed by atoms with van der Waals surface area (Å²) in [7, 11) is 1.90. The average Bonchev–Trinajstić information content (AvgIpc) is 1.99. The van der Waals surface area contributed by atoms with Crippen molar-refractivity contribution in [3.05, 3.63) is 0 Å². The van der Waals surface area contributed by atoms with E-state index in [0.29, 0.717) is 6.67 Å². The monoisotopic (exact) mass is 145 g/mol. The first kappa shape index (κ1) is 9.88. The largest absolute Gasteiger partial charge is 0.317 e. The summed E-state index contributed by atoms with van der Waals surface area (Å²) in [4.78, 5) is 0. The van der Waals surface area contributed by atoms with Crippen LogP contribution in [-0.2, 0) is 0 Å². The topological polar surface area (TPSA) is 41.3 Å². The lowest BCUT2D eigenvalue weighted by atomic mass is 10.1. The first-order valence-corrected chi connectivity index (χ1v) is 3.87. The van der Waals surface area contributed by atoms with Gasteiger partial charge < -0.3 is 5.73 Å². The number of hydrogen-bond acceptors (Lipinski definition) is 3.